The number of fused-ring (bicyclic) bond motifs is 2. The number of aldehydes is 1. The normalized spacial score (nSPS) is 14.2. The lowest BCUT2D eigenvalue weighted by Crippen LogP contribution is -2.27. The van der Waals surface area contributed by atoms with E-state index < -0.39 is 6.29 Å². The van der Waals surface area contributed by atoms with Gasteiger partial charge in [-0.05, 0) is 23.3 Å². The van der Waals surface area contributed by atoms with Crippen molar-refractivity contribution in [1.82, 2.24) is 0 Å². The van der Waals surface area contributed by atoms with Gasteiger partial charge in [0, 0.05) is 6.42 Å². The van der Waals surface area contributed by atoms with E-state index in [1.54, 1.807) is 0 Å². The highest BCUT2D eigenvalue weighted by molar-refractivity contribution is 5.57. The Kier molecular flexibility index (Phi) is 2.73. The zero-order chi connectivity index (χ0) is 12.4. The van der Waals surface area contributed by atoms with Crippen molar-refractivity contribution in [3.63, 3.8) is 0 Å². The van der Waals surface area contributed by atoms with Crippen LogP contribution in [0.5, 0.6) is 11.5 Å². The van der Waals surface area contributed by atoms with E-state index in [0.29, 0.717) is 17.8 Å². The van der Waals surface area contributed by atoms with Crippen molar-refractivity contribution < 1.29 is 14.3 Å². The lowest BCUT2D eigenvalue weighted by atomic mass is 10.0. The molecule has 0 aromatic heterocycles. The Morgan fingerprint density at radius 2 is 1.39 bits per heavy atom. The van der Waals surface area contributed by atoms with Gasteiger partial charge >= 0.3 is 0 Å². The average molecular weight is 240 g/mol. The molecule has 1 aliphatic heterocycles. The van der Waals surface area contributed by atoms with E-state index in [4.69, 9.17) is 9.47 Å². The fourth-order valence-electron chi connectivity index (χ4n) is 2.06. The fourth-order valence-corrected chi connectivity index (χ4v) is 2.06. The number of ether oxygens (including phenoxy) is 2. The van der Waals surface area contributed by atoms with Crippen LogP contribution in [0.25, 0.3) is 0 Å². The number of hydrogen-bond acceptors (Lipinski definition) is 3. The van der Waals surface area contributed by atoms with Gasteiger partial charge in [0.2, 0.25) is 6.29 Å². The van der Waals surface area contributed by atoms with Crippen LogP contribution in [0.3, 0.4) is 0 Å². The molecule has 3 heteroatoms. The fraction of sp³-hybridized carbons (Fsp3) is 0.133. The number of para-hydroxylation sites is 2. The summed E-state index contributed by atoms with van der Waals surface area (Å²) in [6, 6.07) is 15.4. The molecule has 3 nitrogen and oxygen atoms in total. The van der Waals surface area contributed by atoms with Crippen molar-refractivity contribution in [2.24, 2.45) is 0 Å². The van der Waals surface area contributed by atoms with E-state index in [0.717, 1.165) is 17.5 Å². The van der Waals surface area contributed by atoms with E-state index >= 15 is 0 Å². The molecule has 0 N–H and O–H groups in total. The highest BCUT2D eigenvalue weighted by atomic mass is 16.7. The molecule has 0 atom stereocenters. The molecule has 0 spiro atoms. The van der Waals surface area contributed by atoms with Crippen LogP contribution in [-0.2, 0) is 11.2 Å². The van der Waals surface area contributed by atoms with Crippen molar-refractivity contribution in [2.75, 3.05) is 0 Å². The van der Waals surface area contributed by atoms with Crippen LogP contribution in [-0.4, -0.2) is 12.6 Å². The van der Waals surface area contributed by atoms with Gasteiger partial charge in [0.15, 0.2) is 0 Å². The third-order valence-corrected chi connectivity index (χ3v) is 2.92. The molecular formula is C15H12O3. The summed E-state index contributed by atoms with van der Waals surface area (Å²) in [7, 11) is 0. The van der Waals surface area contributed by atoms with Crippen LogP contribution in [0.15, 0.2) is 48.5 Å². The van der Waals surface area contributed by atoms with Crippen LogP contribution in [0.4, 0.5) is 0 Å². The molecule has 0 aliphatic carbocycles. The summed E-state index contributed by atoms with van der Waals surface area (Å²) < 4.78 is 11.1. The summed E-state index contributed by atoms with van der Waals surface area (Å²) >= 11 is 0. The molecule has 0 saturated heterocycles. The molecule has 0 fully saturated rings. The molecule has 18 heavy (non-hydrogen) atoms. The summed E-state index contributed by atoms with van der Waals surface area (Å²) in [4.78, 5) is 11.0. The van der Waals surface area contributed by atoms with E-state index in [1.807, 2.05) is 48.5 Å². The molecular weight excluding hydrogens is 228 g/mol. The number of benzene rings is 2. The van der Waals surface area contributed by atoms with Crippen molar-refractivity contribution in [3.05, 3.63) is 59.7 Å². The Balaban J connectivity index is 2.10. The first-order valence-corrected chi connectivity index (χ1v) is 5.81. The summed E-state index contributed by atoms with van der Waals surface area (Å²) in [5.41, 5.74) is 2.11. The van der Waals surface area contributed by atoms with E-state index in [-0.39, 0.29) is 0 Å². The molecule has 0 saturated carbocycles. The summed E-state index contributed by atoms with van der Waals surface area (Å²) in [5.74, 6) is 1.40. The first kappa shape index (κ1) is 10.8. The first-order chi connectivity index (χ1) is 8.86. The van der Waals surface area contributed by atoms with E-state index in [2.05, 4.69) is 0 Å². The second-order valence-electron chi connectivity index (χ2n) is 4.13. The maximum Gasteiger partial charge on any atom is 0.297 e. The third-order valence-electron chi connectivity index (χ3n) is 2.92. The Bertz CT molecular complexity index is 530. The molecule has 0 amide bonds. The third kappa shape index (κ3) is 1.95. The largest absolute Gasteiger partial charge is 0.448 e. The van der Waals surface area contributed by atoms with Crippen molar-refractivity contribution in [1.29, 1.82) is 0 Å². The minimum Gasteiger partial charge on any atom is -0.448 e. The number of rotatable bonds is 1. The van der Waals surface area contributed by atoms with Gasteiger partial charge in [-0.25, -0.2) is 0 Å². The molecule has 1 heterocycles. The van der Waals surface area contributed by atoms with Crippen LogP contribution >= 0.6 is 0 Å². The number of carbonyl (C=O) groups excluding carboxylic acids is 1. The van der Waals surface area contributed by atoms with Gasteiger partial charge in [-0.2, -0.15) is 0 Å². The van der Waals surface area contributed by atoms with Crippen LogP contribution in [0.1, 0.15) is 11.1 Å². The van der Waals surface area contributed by atoms with Gasteiger partial charge in [0.1, 0.15) is 11.5 Å². The van der Waals surface area contributed by atoms with Gasteiger partial charge in [-0.3, -0.25) is 4.79 Å². The van der Waals surface area contributed by atoms with Crippen LogP contribution in [0, 0.1) is 0 Å². The number of hydrogen-bond donors (Lipinski definition) is 0. The van der Waals surface area contributed by atoms with Gasteiger partial charge in [0.05, 0.1) is 0 Å². The minimum atomic E-state index is -0.896. The molecule has 90 valence electrons. The summed E-state index contributed by atoms with van der Waals surface area (Å²) in [6.45, 7) is 0. The predicted octanol–water partition coefficient (Wildman–Crippen LogP) is 2.57. The summed E-state index contributed by atoms with van der Waals surface area (Å²) in [5, 5.41) is 0. The van der Waals surface area contributed by atoms with Gasteiger partial charge in [-0.1, -0.05) is 36.4 Å². The highest BCUT2D eigenvalue weighted by Gasteiger charge is 2.19. The monoisotopic (exact) mass is 240 g/mol. The van der Waals surface area contributed by atoms with Gasteiger partial charge in [0.25, 0.3) is 6.29 Å². The minimum absolute atomic E-state index is 0.666. The van der Waals surface area contributed by atoms with Gasteiger partial charge < -0.3 is 9.47 Å². The van der Waals surface area contributed by atoms with Gasteiger partial charge in [-0.15, -0.1) is 0 Å². The predicted molar refractivity (Wildman–Crippen MR) is 66.8 cm³/mol. The summed E-state index contributed by atoms with van der Waals surface area (Å²) in [6.07, 6.45) is 0.504. The smallest absolute Gasteiger partial charge is 0.297 e. The average Bonchev–Trinajstić information content (AvgIpc) is 2.39. The molecule has 0 bridgehead atoms. The molecule has 1 aliphatic rings. The SMILES string of the molecule is O=CC1Oc2ccccc2Cc2ccccc2O1. The molecule has 0 unspecified atom stereocenters. The Hall–Kier alpha value is -2.29. The maximum atomic E-state index is 11.0. The second-order valence-corrected chi connectivity index (χ2v) is 4.13. The van der Waals surface area contributed by atoms with E-state index in [1.165, 1.54) is 0 Å². The lowest BCUT2D eigenvalue weighted by molar-refractivity contribution is -0.124. The molecule has 3 rings (SSSR count). The first-order valence-electron chi connectivity index (χ1n) is 5.81. The van der Waals surface area contributed by atoms with Crippen LogP contribution in [0.2, 0.25) is 0 Å². The van der Waals surface area contributed by atoms with Crippen molar-refractivity contribution >= 4 is 6.29 Å². The topological polar surface area (TPSA) is 35.5 Å². The standard InChI is InChI=1S/C15H12O3/c16-10-15-17-13-7-3-1-5-11(13)9-12-6-2-4-8-14(12)18-15/h1-8,10,15H,9H2. The lowest BCUT2D eigenvalue weighted by Gasteiger charge is -2.22. The van der Waals surface area contributed by atoms with Crippen molar-refractivity contribution in [3.8, 4) is 11.5 Å². The Morgan fingerprint density at radius 3 is 1.89 bits per heavy atom. The zero-order valence-corrected chi connectivity index (χ0v) is 9.71. The Morgan fingerprint density at radius 1 is 0.889 bits per heavy atom. The number of carbonyl (C=O) groups is 1. The van der Waals surface area contributed by atoms with Crippen LogP contribution < -0.4 is 9.47 Å². The van der Waals surface area contributed by atoms with E-state index in [9.17, 15) is 4.79 Å². The molecule has 2 aromatic rings. The second kappa shape index (κ2) is 4.53. The highest BCUT2D eigenvalue weighted by Crippen LogP contribution is 2.30. The molecule has 0 radical (unpaired) electrons. The quantitative estimate of drug-likeness (QED) is 0.719. The Labute approximate surface area is 105 Å². The maximum absolute atomic E-state index is 11.0. The molecule has 2 aromatic carbocycles. The van der Waals surface area contributed by atoms with Crippen molar-refractivity contribution in [2.45, 2.75) is 12.7 Å². The zero-order valence-electron chi connectivity index (χ0n) is 9.71.